The molecule has 1 aromatic rings. The van der Waals surface area contributed by atoms with Crippen LogP contribution in [0, 0.1) is 11.8 Å². The van der Waals surface area contributed by atoms with Gasteiger partial charge >= 0.3 is 0 Å². The summed E-state index contributed by atoms with van der Waals surface area (Å²) in [5, 5.41) is 6.76. The molecule has 2 aliphatic rings. The van der Waals surface area contributed by atoms with E-state index in [1.165, 1.54) is 12.8 Å². The molecule has 6 heteroatoms. The summed E-state index contributed by atoms with van der Waals surface area (Å²) in [4.78, 5) is 24.3. The molecule has 0 saturated heterocycles. The first kappa shape index (κ1) is 15.6. The van der Waals surface area contributed by atoms with Crippen LogP contribution in [0.15, 0.2) is 18.2 Å². The van der Waals surface area contributed by atoms with Crippen molar-refractivity contribution in [2.45, 2.75) is 38.1 Å². The molecule has 0 spiro atoms. The molecule has 2 aliphatic carbocycles. The number of rotatable bonds is 4. The summed E-state index contributed by atoms with van der Waals surface area (Å²) in [6.07, 6.45) is 5.06. The van der Waals surface area contributed by atoms with Gasteiger partial charge in [0.2, 0.25) is 11.8 Å². The minimum absolute atomic E-state index is 0.0103. The minimum Gasteiger partial charge on any atom is -0.353 e. The topological polar surface area (TPSA) is 58.2 Å². The molecular weight excluding hydrogens is 323 g/mol. The van der Waals surface area contributed by atoms with Gasteiger partial charge in [-0.15, -0.1) is 0 Å². The molecule has 0 aliphatic heterocycles. The fourth-order valence-corrected chi connectivity index (χ4v) is 3.54. The molecule has 2 atom stereocenters. The van der Waals surface area contributed by atoms with Crippen molar-refractivity contribution in [2.75, 3.05) is 5.32 Å². The molecule has 0 radical (unpaired) electrons. The molecule has 22 heavy (non-hydrogen) atoms. The van der Waals surface area contributed by atoms with Crippen LogP contribution in [0.25, 0.3) is 0 Å². The first-order valence-electron chi connectivity index (χ1n) is 7.60. The molecule has 2 amide bonds. The molecule has 4 nitrogen and oxygen atoms in total. The third kappa shape index (κ3) is 3.73. The van der Waals surface area contributed by atoms with Gasteiger partial charge < -0.3 is 10.6 Å². The summed E-state index contributed by atoms with van der Waals surface area (Å²) in [7, 11) is 0. The Labute approximate surface area is 139 Å². The van der Waals surface area contributed by atoms with Crippen molar-refractivity contribution < 1.29 is 9.59 Å². The summed E-state index contributed by atoms with van der Waals surface area (Å²) in [6.45, 7) is 0. The highest BCUT2D eigenvalue weighted by atomic mass is 35.5. The van der Waals surface area contributed by atoms with Crippen molar-refractivity contribution in [3.8, 4) is 0 Å². The first-order valence-corrected chi connectivity index (χ1v) is 8.36. The summed E-state index contributed by atoms with van der Waals surface area (Å²) in [5.74, 6) is -0.588. The van der Waals surface area contributed by atoms with Gasteiger partial charge in [0.05, 0.1) is 11.8 Å². The largest absolute Gasteiger partial charge is 0.353 e. The van der Waals surface area contributed by atoms with Crippen LogP contribution in [0.3, 0.4) is 0 Å². The normalized spacial score (nSPS) is 24.1. The lowest BCUT2D eigenvalue weighted by Crippen LogP contribution is -2.34. The van der Waals surface area contributed by atoms with Gasteiger partial charge in [0.25, 0.3) is 0 Å². The smallest absolute Gasteiger partial charge is 0.228 e. The average Bonchev–Trinajstić information content (AvgIpc) is 3.09. The Morgan fingerprint density at radius 1 is 0.955 bits per heavy atom. The van der Waals surface area contributed by atoms with Crippen LogP contribution in [-0.2, 0) is 9.59 Å². The van der Waals surface area contributed by atoms with Crippen LogP contribution in [0.5, 0.6) is 0 Å². The van der Waals surface area contributed by atoms with E-state index in [2.05, 4.69) is 10.6 Å². The summed E-state index contributed by atoms with van der Waals surface area (Å²) in [5.41, 5.74) is 0.560. The maximum absolute atomic E-state index is 12.2. The van der Waals surface area contributed by atoms with Crippen LogP contribution >= 0.6 is 23.2 Å². The second kappa shape index (κ2) is 6.47. The van der Waals surface area contributed by atoms with Gasteiger partial charge in [-0.2, -0.15) is 0 Å². The Morgan fingerprint density at radius 2 is 1.55 bits per heavy atom. The van der Waals surface area contributed by atoms with Crippen molar-refractivity contribution in [2.24, 2.45) is 11.8 Å². The standard InChI is InChI=1S/C16H18Cl2N2O2/c17-9-5-10(18)7-12(6-9)20-16(22)14-8-13(14)15(21)19-11-3-1-2-4-11/h5-7,11,13-14H,1-4,8H2,(H,19,21)(H,20,22). The fraction of sp³-hybridized carbons (Fsp3) is 0.500. The Kier molecular flexibility index (Phi) is 4.59. The molecular formula is C16H18Cl2N2O2. The first-order chi connectivity index (χ1) is 10.5. The lowest BCUT2D eigenvalue weighted by atomic mass is 10.2. The van der Waals surface area contributed by atoms with Gasteiger partial charge in [-0.25, -0.2) is 0 Å². The van der Waals surface area contributed by atoms with E-state index < -0.39 is 0 Å². The second-order valence-corrected chi connectivity index (χ2v) is 6.96. The van der Waals surface area contributed by atoms with E-state index in [1.54, 1.807) is 18.2 Å². The number of halogens is 2. The predicted octanol–water partition coefficient (Wildman–Crippen LogP) is 3.63. The molecule has 1 aromatic carbocycles. The van der Waals surface area contributed by atoms with Gasteiger partial charge in [-0.3, -0.25) is 9.59 Å². The molecule has 2 fully saturated rings. The Morgan fingerprint density at radius 3 is 2.18 bits per heavy atom. The average molecular weight is 341 g/mol. The van der Waals surface area contributed by atoms with Crippen LogP contribution < -0.4 is 10.6 Å². The highest BCUT2D eigenvalue weighted by Crippen LogP contribution is 2.40. The zero-order valence-corrected chi connectivity index (χ0v) is 13.6. The number of hydrogen-bond acceptors (Lipinski definition) is 2. The van der Waals surface area contributed by atoms with E-state index in [-0.39, 0.29) is 23.7 Å². The number of carbonyl (C=O) groups is 2. The third-order valence-corrected chi connectivity index (χ3v) is 4.73. The summed E-state index contributed by atoms with van der Waals surface area (Å²) < 4.78 is 0. The molecule has 2 unspecified atom stereocenters. The number of hydrogen-bond donors (Lipinski definition) is 2. The van der Waals surface area contributed by atoms with Crippen LogP contribution in [0.4, 0.5) is 5.69 Å². The number of nitrogens with one attached hydrogen (secondary N) is 2. The third-order valence-electron chi connectivity index (χ3n) is 4.30. The number of benzene rings is 1. The lowest BCUT2D eigenvalue weighted by Gasteiger charge is -2.11. The number of amides is 2. The number of carbonyl (C=O) groups excluding carboxylic acids is 2. The SMILES string of the molecule is O=C(Nc1cc(Cl)cc(Cl)c1)C1CC1C(=O)NC1CCCC1. The maximum atomic E-state index is 12.2. The predicted molar refractivity (Wildman–Crippen MR) is 87.1 cm³/mol. The molecule has 118 valence electrons. The Bertz CT molecular complexity index is 580. The monoisotopic (exact) mass is 340 g/mol. The zero-order chi connectivity index (χ0) is 15.7. The van der Waals surface area contributed by atoms with E-state index >= 15 is 0 Å². The highest BCUT2D eigenvalue weighted by molar-refractivity contribution is 6.35. The van der Waals surface area contributed by atoms with Gasteiger partial charge in [0.15, 0.2) is 0 Å². The second-order valence-electron chi connectivity index (χ2n) is 6.09. The van der Waals surface area contributed by atoms with Gasteiger partial charge in [-0.05, 0) is 37.5 Å². The minimum atomic E-state index is -0.251. The van der Waals surface area contributed by atoms with Crippen molar-refractivity contribution in [3.05, 3.63) is 28.2 Å². The zero-order valence-electron chi connectivity index (χ0n) is 12.1. The molecule has 2 saturated carbocycles. The Balaban J connectivity index is 1.52. The maximum Gasteiger partial charge on any atom is 0.228 e. The van der Waals surface area contributed by atoms with E-state index in [0.717, 1.165) is 12.8 Å². The van der Waals surface area contributed by atoms with Gasteiger partial charge in [0.1, 0.15) is 0 Å². The summed E-state index contributed by atoms with van der Waals surface area (Å²) >= 11 is 11.8. The van der Waals surface area contributed by atoms with Gasteiger partial charge in [0, 0.05) is 21.8 Å². The lowest BCUT2D eigenvalue weighted by molar-refractivity contribution is -0.125. The van der Waals surface area contributed by atoms with Crippen LogP contribution in [0.1, 0.15) is 32.1 Å². The number of anilines is 1. The van der Waals surface area contributed by atoms with Crippen LogP contribution in [0.2, 0.25) is 10.0 Å². The molecule has 0 heterocycles. The van der Waals surface area contributed by atoms with Crippen LogP contribution in [-0.4, -0.2) is 17.9 Å². The molecule has 2 N–H and O–H groups in total. The van der Waals surface area contributed by atoms with E-state index in [0.29, 0.717) is 28.2 Å². The van der Waals surface area contributed by atoms with E-state index in [4.69, 9.17) is 23.2 Å². The Hall–Kier alpha value is -1.26. The van der Waals surface area contributed by atoms with E-state index in [9.17, 15) is 9.59 Å². The van der Waals surface area contributed by atoms with E-state index in [1.807, 2.05) is 0 Å². The van der Waals surface area contributed by atoms with Crippen molar-refractivity contribution in [1.82, 2.24) is 5.32 Å². The molecule has 0 aromatic heterocycles. The fourth-order valence-electron chi connectivity index (χ4n) is 3.01. The van der Waals surface area contributed by atoms with Crippen molar-refractivity contribution in [3.63, 3.8) is 0 Å². The quantitative estimate of drug-likeness (QED) is 0.879. The highest BCUT2D eigenvalue weighted by Gasteiger charge is 2.48. The van der Waals surface area contributed by atoms with Crippen molar-refractivity contribution in [1.29, 1.82) is 0 Å². The van der Waals surface area contributed by atoms with Crippen molar-refractivity contribution >= 4 is 40.7 Å². The van der Waals surface area contributed by atoms with Gasteiger partial charge in [-0.1, -0.05) is 36.0 Å². The molecule has 0 bridgehead atoms. The summed E-state index contributed by atoms with van der Waals surface area (Å²) in [6, 6.07) is 5.18. The molecule has 3 rings (SSSR count).